The highest BCUT2D eigenvalue weighted by Gasteiger charge is 2.31. The predicted molar refractivity (Wildman–Crippen MR) is 84.8 cm³/mol. The van der Waals surface area contributed by atoms with Crippen LogP contribution in [0.3, 0.4) is 0 Å². The van der Waals surface area contributed by atoms with Gasteiger partial charge < -0.3 is 5.32 Å². The van der Waals surface area contributed by atoms with E-state index in [1.165, 1.54) is 12.0 Å². The third-order valence-corrected chi connectivity index (χ3v) is 4.07. The molecule has 1 N–H and O–H groups in total. The van der Waals surface area contributed by atoms with Crippen LogP contribution in [0.1, 0.15) is 32.8 Å². The number of benzene rings is 1. The summed E-state index contributed by atoms with van der Waals surface area (Å²) in [5.74, 6) is -0.160. The van der Waals surface area contributed by atoms with Crippen LogP contribution in [0.5, 0.6) is 0 Å². The van der Waals surface area contributed by atoms with E-state index in [9.17, 15) is 4.39 Å². The Labute approximate surface area is 128 Å². The van der Waals surface area contributed by atoms with Crippen molar-refractivity contribution in [3.05, 3.63) is 35.6 Å². The Morgan fingerprint density at radius 3 is 2.45 bits per heavy atom. The Morgan fingerprint density at radius 2 is 1.95 bits per heavy atom. The van der Waals surface area contributed by atoms with Crippen LogP contribution < -0.4 is 5.32 Å². The monoisotopic (exact) mass is 300 g/mol. The van der Waals surface area contributed by atoms with E-state index in [-0.39, 0.29) is 18.2 Å². The molecule has 1 heterocycles. The van der Waals surface area contributed by atoms with E-state index < -0.39 is 0 Å². The highest BCUT2D eigenvalue weighted by molar-refractivity contribution is 5.85. The molecule has 1 saturated heterocycles. The van der Waals surface area contributed by atoms with Crippen molar-refractivity contribution < 1.29 is 4.39 Å². The minimum atomic E-state index is -0.160. The van der Waals surface area contributed by atoms with Crippen molar-refractivity contribution in [2.75, 3.05) is 19.6 Å². The van der Waals surface area contributed by atoms with E-state index in [0.717, 1.165) is 26.2 Å². The summed E-state index contributed by atoms with van der Waals surface area (Å²) in [4.78, 5) is 2.49. The van der Waals surface area contributed by atoms with Crippen molar-refractivity contribution in [3.63, 3.8) is 0 Å². The van der Waals surface area contributed by atoms with Crippen LogP contribution in [-0.2, 0) is 6.54 Å². The minimum Gasteiger partial charge on any atom is -0.316 e. The third-order valence-electron chi connectivity index (χ3n) is 4.07. The largest absolute Gasteiger partial charge is 0.316 e. The van der Waals surface area contributed by atoms with Crippen molar-refractivity contribution in [1.29, 1.82) is 0 Å². The average molecular weight is 301 g/mol. The highest BCUT2D eigenvalue weighted by Crippen LogP contribution is 2.27. The molecule has 0 bridgehead atoms. The van der Waals surface area contributed by atoms with Crippen molar-refractivity contribution in [2.45, 2.75) is 39.8 Å². The van der Waals surface area contributed by atoms with Crippen LogP contribution in [-0.4, -0.2) is 30.6 Å². The second-order valence-electron chi connectivity index (χ2n) is 6.36. The quantitative estimate of drug-likeness (QED) is 0.896. The number of nitrogens with zero attached hydrogens (tertiary/aromatic N) is 1. The fraction of sp³-hybridized carbons (Fsp3) is 0.625. The second kappa shape index (κ2) is 7.39. The molecular weight excluding hydrogens is 275 g/mol. The van der Waals surface area contributed by atoms with Crippen LogP contribution in [0.2, 0.25) is 0 Å². The first-order valence-electron chi connectivity index (χ1n) is 7.18. The summed E-state index contributed by atoms with van der Waals surface area (Å²) in [6.45, 7) is 11.0. The van der Waals surface area contributed by atoms with E-state index in [2.05, 4.69) is 31.0 Å². The van der Waals surface area contributed by atoms with Crippen LogP contribution in [0.4, 0.5) is 4.39 Å². The van der Waals surface area contributed by atoms with Gasteiger partial charge >= 0.3 is 0 Å². The molecule has 1 fully saturated rings. The lowest BCUT2D eigenvalue weighted by molar-refractivity contribution is 0.137. The third kappa shape index (κ3) is 4.72. The lowest BCUT2D eigenvalue weighted by Gasteiger charge is -2.34. The van der Waals surface area contributed by atoms with Gasteiger partial charge in [-0.05, 0) is 49.9 Å². The van der Waals surface area contributed by atoms with Gasteiger partial charge in [-0.15, -0.1) is 12.4 Å². The zero-order chi connectivity index (χ0) is 13.9. The van der Waals surface area contributed by atoms with Gasteiger partial charge in [0.1, 0.15) is 5.82 Å². The maximum absolute atomic E-state index is 12.9. The van der Waals surface area contributed by atoms with Gasteiger partial charge in [0.15, 0.2) is 0 Å². The van der Waals surface area contributed by atoms with E-state index in [4.69, 9.17) is 0 Å². The minimum absolute atomic E-state index is 0. The molecule has 1 unspecified atom stereocenters. The molecule has 2 rings (SSSR count). The highest BCUT2D eigenvalue weighted by atomic mass is 35.5. The molecule has 0 aromatic heterocycles. The smallest absolute Gasteiger partial charge is 0.123 e. The lowest BCUT2D eigenvalue weighted by Crippen LogP contribution is -2.40. The van der Waals surface area contributed by atoms with Crippen LogP contribution in [0.25, 0.3) is 0 Å². The summed E-state index contributed by atoms with van der Waals surface area (Å²) in [5, 5.41) is 3.45. The zero-order valence-corrected chi connectivity index (χ0v) is 13.5. The van der Waals surface area contributed by atoms with Gasteiger partial charge in [-0.25, -0.2) is 4.39 Å². The topological polar surface area (TPSA) is 15.3 Å². The number of rotatable bonds is 5. The molecule has 1 aliphatic rings. The molecule has 0 aliphatic carbocycles. The molecule has 4 heteroatoms. The fourth-order valence-electron chi connectivity index (χ4n) is 2.74. The van der Waals surface area contributed by atoms with Gasteiger partial charge in [0.2, 0.25) is 0 Å². The Hall–Kier alpha value is -0.640. The van der Waals surface area contributed by atoms with Gasteiger partial charge in [0.25, 0.3) is 0 Å². The SMILES string of the molecule is CC(C)N(Cc1ccc(F)cc1)CC1(C)CCNC1.Cl. The summed E-state index contributed by atoms with van der Waals surface area (Å²) >= 11 is 0. The van der Waals surface area contributed by atoms with Crippen LogP contribution in [0, 0.1) is 11.2 Å². The van der Waals surface area contributed by atoms with Crippen molar-refractivity contribution >= 4 is 12.4 Å². The number of halogens is 2. The lowest BCUT2D eigenvalue weighted by atomic mass is 9.88. The summed E-state index contributed by atoms with van der Waals surface area (Å²) in [6, 6.07) is 7.38. The van der Waals surface area contributed by atoms with E-state index in [1.54, 1.807) is 12.1 Å². The first-order chi connectivity index (χ1) is 8.98. The Kier molecular flexibility index (Phi) is 6.44. The number of nitrogens with one attached hydrogen (secondary N) is 1. The van der Waals surface area contributed by atoms with Gasteiger partial charge in [-0.1, -0.05) is 19.1 Å². The van der Waals surface area contributed by atoms with E-state index in [1.807, 2.05) is 12.1 Å². The molecule has 2 nitrogen and oxygen atoms in total. The zero-order valence-electron chi connectivity index (χ0n) is 12.7. The number of hydrogen-bond acceptors (Lipinski definition) is 2. The van der Waals surface area contributed by atoms with Crippen molar-refractivity contribution in [3.8, 4) is 0 Å². The maximum atomic E-state index is 12.9. The fourth-order valence-corrected chi connectivity index (χ4v) is 2.74. The summed E-state index contributed by atoms with van der Waals surface area (Å²) < 4.78 is 12.9. The summed E-state index contributed by atoms with van der Waals surface area (Å²) in [7, 11) is 0. The standard InChI is InChI=1S/C16H25FN2.ClH/c1-13(2)19(12-16(3)8-9-18-11-16)10-14-4-6-15(17)7-5-14;/h4-7,13,18H,8-12H2,1-3H3;1H. The summed E-state index contributed by atoms with van der Waals surface area (Å²) in [6.07, 6.45) is 1.24. The van der Waals surface area contributed by atoms with Crippen molar-refractivity contribution in [2.24, 2.45) is 5.41 Å². The molecule has 1 aliphatic heterocycles. The molecule has 114 valence electrons. The van der Waals surface area contributed by atoms with Gasteiger partial charge in [0, 0.05) is 25.7 Å². The molecule has 1 aromatic rings. The Bertz CT molecular complexity index is 399. The van der Waals surface area contributed by atoms with Gasteiger partial charge in [-0.3, -0.25) is 4.90 Å². The number of hydrogen-bond donors (Lipinski definition) is 1. The van der Waals surface area contributed by atoms with E-state index >= 15 is 0 Å². The second-order valence-corrected chi connectivity index (χ2v) is 6.36. The maximum Gasteiger partial charge on any atom is 0.123 e. The van der Waals surface area contributed by atoms with Crippen LogP contribution >= 0.6 is 12.4 Å². The summed E-state index contributed by atoms with van der Waals surface area (Å²) in [5.41, 5.74) is 1.55. The molecular formula is C16H26ClFN2. The molecule has 0 saturated carbocycles. The molecule has 1 atom stereocenters. The Balaban J connectivity index is 0.00000200. The molecule has 0 spiro atoms. The Morgan fingerprint density at radius 1 is 1.30 bits per heavy atom. The van der Waals surface area contributed by atoms with Gasteiger partial charge in [0.05, 0.1) is 0 Å². The molecule has 0 amide bonds. The van der Waals surface area contributed by atoms with Gasteiger partial charge in [-0.2, -0.15) is 0 Å². The molecule has 20 heavy (non-hydrogen) atoms. The van der Waals surface area contributed by atoms with Crippen LogP contribution in [0.15, 0.2) is 24.3 Å². The molecule has 0 radical (unpaired) electrons. The first kappa shape index (κ1) is 17.4. The normalized spacial score (nSPS) is 22.3. The van der Waals surface area contributed by atoms with E-state index in [0.29, 0.717) is 11.5 Å². The average Bonchev–Trinajstić information content (AvgIpc) is 2.78. The first-order valence-corrected chi connectivity index (χ1v) is 7.18. The predicted octanol–water partition coefficient (Wildman–Crippen LogP) is 3.46. The molecule has 1 aromatic carbocycles. The van der Waals surface area contributed by atoms with Crippen molar-refractivity contribution in [1.82, 2.24) is 10.2 Å².